The number of hydrogen-bond acceptors (Lipinski definition) is 5. The minimum atomic E-state index is -0.270. The Bertz CT molecular complexity index is 904. The lowest BCUT2D eigenvalue weighted by molar-refractivity contribution is 0.0977. The molecule has 0 fully saturated rings. The number of carbonyl (C=O) groups excluding carboxylic acids is 1. The van der Waals surface area contributed by atoms with Gasteiger partial charge < -0.3 is 10.4 Å². The van der Waals surface area contributed by atoms with Crippen LogP contribution in [-0.4, -0.2) is 21.1 Å². The van der Waals surface area contributed by atoms with Crippen LogP contribution >= 0.6 is 23.6 Å². The summed E-state index contributed by atoms with van der Waals surface area (Å²) in [5.74, 6) is -0.0852. The van der Waals surface area contributed by atoms with Gasteiger partial charge in [0.1, 0.15) is 5.75 Å². The molecule has 5 nitrogen and oxygen atoms in total. The van der Waals surface area contributed by atoms with Crippen LogP contribution in [0.5, 0.6) is 5.75 Å². The summed E-state index contributed by atoms with van der Waals surface area (Å²) in [7, 11) is 0. The molecule has 0 atom stereocenters. The van der Waals surface area contributed by atoms with Crippen LogP contribution in [-0.2, 0) is 6.42 Å². The van der Waals surface area contributed by atoms with Crippen LogP contribution in [0.3, 0.4) is 0 Å². The average Bonchev–Trinajstić information content (AvgIpc) is 2.95. The number of nitrogens with zero attached hydrogens (tertiary/aromatic N) is 1. The summed E-state index contributed by atoms with van der Waals surface area (Å²) in [5.41, 5.74) is 2.47. The van der Waals surface area contributed by atoms with Crippen molar-refractivity contribution in [3.05, 3.63) is 53.6 Å². The van der Waals surface area contributed by atoms with E-state index < -0.39 is 0 Å². The lowest BCUT2D eigenvalue weighted by Crippen LogP contribution is -2.34. The molecule has 24 heavy (non-hydrogen) atoms. The summed E-state index contributed by atoms with van der Waals surface area (Å²) in [5, 5.41) is 15.8. The van der Waals surface area contributed by atoms with E-state index in [4.69, 9.17) is 12.2 Å². The number of phenolic OH excluding ortho intramolecular Hbond substituents is 1. The van der Waals surface area contributed by atoms with Crippen molar-refractivity contribution in [1.29, 1.82) is 0 Å². The first-order valence-electron chi connectivity index (χ1n) is 7.36. The Morgan fingerprint density at radius 3 is 2.71 bits per heavy atom. The van der Waals surface area contributed by atoms with Gasteiger partial charge >= 0.3 is 0 Å². The van der Waals surface area contributed by atoms with Crippen molar-refractivity contribution in [3.8, 4) is 5.75 Å². The van der Waals surface area contributed by atoms with Gasteiger partial charge in [-0.15, -0.1) is 0 Å². The highest BCUT2D eigenvalue weighted by Gasteiger charge is 2.10. The molecule has 7 heteroatoms. The molecule has 0 bridgehead atoms. The standard InChI is InChI=1S/C17H15N3O2S2/c1-2-10-3-5-11(6-4-10)15(22)19-16(23)20-17-18-13-8-7-12(21)9-14(13)24-17/h3-9,21H,2H2,1H3,(H2,18,19,20,22,23). The van der Waals surface area contributed by atoms with E-state index in [-0.39, 0.29) is 16.8 Å². The van der Waals surface area contributed by atoms with Crippen LogP contribution in [0, 0.1) is 0 Å². The fraction of sp³-hybridized carbons (Fsp3) is 0.118. The highest BCUT2D eigenvalue weighted by atomic mass is 32.1. The van der Waals surface area contributed by atoms with E-state index >= 15 is 0 Å². The molecule has 1 aromatic heterocycles. The van der Waals surface area contributed by atoms with Gasteiger partial charge in [-0.2, -0.15) is 0 Å². The van der Waals surface area contributed by atoms with Gasteiger partial charge in [-0.05, 0) is 54.5 Å². The number of rotatable bonds is 3. The number of aromatic nitrogens is 1. The lowest BCUT2D eigenvalue weighted by Gasteiger charge is -2.07. The summed E-state index contributed by atoms with van der Waals surface area (Å²) in [4.78, 5) is 16.5. The Balaban J connectivity index is 1.66. The number of phenols is 1. The van der Waals surface area contributed by atoms with E-state index in [1.807, 2.05) is 12.1 Å². The number of aryl methyl sites for hydroxylation is 1. The third-order valence-corrected chi connectivity index (χ3v) is 4.58. The largest absolute Gasteiger partial charge is 0.508 e. The summed E-state index contributed by atoms with van der Waals surface area (Å²) in [6, 6.07) is 12.3. The summed E-state index contributed by atoms with van der Waals surface area (Å²) in [6.45, 7) is 2.06. The maximum Gasteiger partial charge on any atom is 0.257 e. The van der Waals surface area contributed by atoms with Crippen LogP contribution < -0.4 is 10.6 Å². The van der Waals surface area contributed by atoms with Gasteiger partial charge in [-0.3, -0.25) is 10.1 Å². The van der Waals surface area contributed by atoms with Crippen LogP contribution in [0.15, 0.2) is 42.5 Å². The van der Waals surface area contributed by atoms with Gasteiger partial charge in [0.25, 0.3) is 5.91 Å². The number of hydrogen-bond donors (Lipinski definition) is 3. The molecule has 3 aromatic rings. The van der Waals surface area contributed by atoms with Crippen LogP contribution in [0.1, 0.15) is 22.8 Å². The molecule has 3 rings (SSSR count). The van der Waals surface area contributed by atoms with Crippen molar-refractivity contribution in [2.75, 3.05) is 5.32 Å². The Morgan fingerprint density at radius 2 is 2.00 bits per heavy atom. The zero-order valence-corrected chi connectivity index (χ0v) is 14.5. The van der Waals surface area contributed by atoms with E-state index in [1.54, 1.807) is 30.3 Å². The number of nitrogens with one attached hydrogen (secondary N) is 2. The average molecular weight is 357 g/mol. The first kappa shape index (κ1) is 16.4. The minimum absolute atomic E-state index is 0.183. The molecule has 1 heterocycles. The maximum absolute atomic E-state index is 12.2. The quantitative estimate of drug-likeness (QED) is 0.624. The van der Waals surface area contributed by atoms with E-state index in [1.165, 1.54) is 16.9 Å². The third kappa shape index (κ3) is 3.69. The molecule has 0 aliphatic heterocycles. The Morgan fingerprint density at radius 1 is 1.25 bits per heavy atom. The molecule has 0 saturated heterocycles. The molecule has 0 aliphatic rings. The number of fused-ring (bicyclic) bond motifs is 1. The molecule has 122 valence electrons. The number of thiazole rings is 1. The van der Waals surface area contributed by atoms with Gasteiger partial charge in [-0.25, -0.2) is 4.98 Å². The fourth-order valence-corrected chi connectivity index (χ4v) is 3.32. The number of anilines is 1. The predicted molar refractivity (Wildman–Crippen MR) is 101 cm³/mol. The van der Waals surface area contributed by atoms with Gasteiger partial charge in [0, 0.05) is 5.56 Å². The van der Waals surface area contributed by atoms with Gasteiger partial charge in [-0.1, -0.05) is 30.4 Å². The molecule has 0 spiro atoms. The van der Waals surface area contributed by atoms with Crippen molar-refractivity contribution in [2.24, 2.45) is 0 Å². The molecular formula is C17H15N3O2S2. The Labute approximate surface area is 148 Å². The van der Waals surface area contributed by atoms with E-state index in [9.17, 15) is 9.90 Å². The topological polar surface area (TPSA) is 74.2 Å². The van der Waals surface area contributed by atoms with Gasteiger partial charge in [0.15, 0.2) is 10.2 Å². The normalized spacial score (nSPS) is 10.5. The van der Waals surface area contributed by atoms with Gasteiger partial charge in [0.05, 0.1) is 10.2 Å². The van der Waals surface area contributed by atoms with Crippen molar-refractivity contribution in [1.82, 2.24) is 10.3 Å². The first-order valence-corrected chi connectivity index (χ1v) is 8.58. The summed E-state index contributed by atoms with van der Waals surface area (Å²) < 4.78 is 0.835. The van der Waals surface area contributed by atoms with Crippen molar-refractivity contribution >= 4 is 49.9 Å². The maximum atomic E-state index is 12.2. The first-order chi connectivity index (χ1) is 11.5. The van der Waals surface area contributed by atoms with Crippen molar-refractivity contribution in [3.63, 3.8) is 0 Å². The molecule has 1 amide bonds. The van der Waals surface area contributed by atoms with Crippen LogP contribution in [0.2, 0.25) is 0 Å². The van der Waals surface area contributed by atoms with Crippen molar-refractivity contribution in [2.45, 2.75) is 13.3 Å². The SMILES string of the molecule is CCc1ccc(C(=O)NC(=S)Nc2nc3ccc(O)cc3s2)cc1. The third-order valence-electron chi connectivity index (χ3n) is 3.44. The molecule has 0 aliphatic carbocycles. The second-order valence-corrected chi connectivity index (χ2v) is 6.57. The molecule has 0 unspecified atom stereocenters. The summed E-state index contributed by atoms with van der Waals surface area (Å²) >= 11 is 6.51. The number of amides is 1. The Hall–Kier alpha value is -2.51. The summed E-state index contributed by atoms with van der Waals surface area (Å²) in [6.07, 6.45) is 0.926. The molecular weight excluding hydrogens is 342 g/mol. The highest BCUT2D eigenvalue weighted by molar-refractivity contribution is 7.80. The molecule has 2 aromatic carbocycles. The fourth-order valence-electron chi connectivity index (χ4n) is 2.16. The molecule has 3 N–H and O–H groups in total. The zero-order valence-electron chi connectivity index (χ0n) is 12.9. The van der Waals surface area contributed by atoms with Gasteiger partial charge in [0.2, 0.25) is 0 Å². The number of thiocarbonyl (C=S) groups is 1. The highest BCUT2D eigenvalue weighted by Crippen LogP contribution is 2.28. The van der Waals surface area contributed by atoms with E-state index in [0.717, 1.165) is 16.6 Å². The lowest BCUT2D eigenvalue weighted by atomic mass is 10.1. The second-order valence-electron chi connectivity index (χ2n) is 5.13. The zero-order chi connectivity index (χ0) is 17.1. The van der Waals surface area contributed by atoms with Crippen LogP contribution in [0.25, 0.3) is 10.2 Å². The number of carbonyl (C=O) groups is 1. The minimum Gasteiger partial charge on any atom is -0.508 e. The number of aromatic hydroxyl groups is 1. The second kappa shape index (κ2) is 6.94. The van der Waals surface area contributed by atoms with E-state index in [0.29, 0.717) is 10.7 Å². The number of benzene rings is 2. The molecule has 0 saturated carbocycles. The predicted octanol–water partition coefficient (Wildman–Crippen LogP) is 3.69. The molecule has 0 radical (unpaired) electrons. The van der Waals surface area contributed by atoms with Crippen molar-refractivity contribution < 1.29 is 9.90 Å². The Kier molecular flexibility index (Phi) is 4.73. The van der Waals surface area contributed by atoms with Crippen LogP contribution in [0.4, 0.5) is 5.13 Å². The smallest absolute Gasteiger partial charge is 0.257 e. The van der Waals surface area contributed by atoms with E-state index in [2.05, 4.69) is 22.5 Å². The monoisotopic (exact) mass is 357 g/mol.